The molecule has 0 fully saturated rings. The molecule has 0 radical (unpaired) electrons. The summed E-state index contributed by atoms with van der Waals surface area (Å²) < 4.78 is 5.96. The van der Waals surface area contributed by atoms with Gasteiger partial charge in [-0.2, -0.15) is 5.26 Å². The number of fused-ring (bicyclic) bond motifs is 2. The van der Waals surface area contributed by atoms with E-state index in [0.29, 0.717) is 18.0 Å². The van der Waals surface area contributed by atoms with Crippen LogP contribution < -0.4 is 10.5 Å². The average Bonchev–Trinajstić information content (AvgIpc) is 2.67. The van der Waals surface area contributed by atoms with Crippen LogP contribution in [0, 0.1) is 11.3 Å². The second kappa shape index (κ2) is 6.68. The van der Waals surface area contributed by atoms with E-state index in [-0.39, 0.29) is 0 Å². The second-order valence-corrected chi connectivity index (χ2v) is 6.58. The summed E-state index contributed by atoms with van der Waals surface area (Å²) in [6, 6.07) is 14.6. The van der Waals surface area contributed by atoms with Crippen LogP contribution in [0.1, 0.15) is 36.6 Å². The molecule has 0 amide bonds. The van der Waals surface area contributed by atoms with Crippen LogP contribution in [-0.2, 0) is 12.8 Å². The number of nitrogens with zero attached hydrogens (tertiary/aromatic N) is 2. The van der Waals surface area contributed by atoms with Crippen molar-refractivity contribution < 1.29 is 4.74 Å². The first kappa shape index (κ1) is 16.4. The number of anilines is 1. The zero-order chi connectivity index (χ0) is 18.1. The first-order valence-electron chi connectivity index (χ1n) is 9.10. The minimum absolute atomic E-state index is 0.318. The minimum Gasteiger partial charge on any atom is -0.493 e. The van der Waals surface area contributed by atoms with Gasteiger partial charge >= 0.3 is 0 Å². The highest BCUT2D eigenvalue weighted by Crippen LogP contribution is 2.43. The zero-order valence-corrected chi connectivity index (χ0v) is 14.9. The van der Waals surface area contributed by atoms with Crippen LogP contribution in [0.2, 0.25) is 0 Å². The number of nitriles is 1. The van der Waals surface area contributed by atoms with Crippen molar-refractivity contribution in [2.75, 3.05) is 12.3 Å². The third kappa shape index (κ3) is 2.57. The Morgan fingerprint density at radius 2 is 1.92 bits per heavy atom. The number of aryl methyl sites for hydroxylation is 1. The van der Waals surface area contributed by atoms with Crippen LogP contribution in [0.4, 0.5) is 5.82 Å². The summed E-state index contributed by atoms with van der Waals surface area (Å²) in [4.78, 5) is 4.54. The maximum atomic E-state index is 9.84. The van der Waals surface area contributed by atoms with Crippen molar-refractivity contribution in [1.29, 1.82) is 5.26 Å². The fourth-order valence-corrected chi connectivity index (χ4v) is 3.94. The molecule has 0 saturated carbocycles. The first-order chi connectivity index (χ1) is 12.7. The molecule has 4 nitrogen and oxygen atoms in total. The van der Waals surface area contributed by atoms with Crippen molar-refractivity contribution in [2.24, 2.45) is 0 Å². The van der Waals surface area contributed by atoms with E-state index in [1.54, 1.807) is 0 Å². The predicted octanol–water partition coefficient (Wildman–Crippen LogP) is 4.63. The quantitative estimate of drug-likeness (QED) is 0.752. The van der Waals surface area contributed by atoms with E-state index in [4.69, 9.17) is 10.5 Å². The first-order valence-corrected chi connectivity index (χ1v) is 9.10. The third-order valence-corrected chi connectivity index (χ3v) is 5.05. The van der Waals surface area contributed by atoms with Gasteiger partial charge in [0.1, 0.15) is 23.2 Å². The summed E-state index contributed by atoms with van der Waals surface area (Å²) in [6.45, 7) is 2.54. The minimum atomic E-state index is 0.318. The van der Waals surface area contributed by atoms with Gasteiger partial charge in [-0.25, -0.2) is 4.98 Å². The highest BCUT2D eigenvalue weighted by atomic mass is 16.5. The van der Waals surface area contributed by atoms with E-state index in [9.17, 15) is 5.26 Å². The van der Waals surface area contributed by atoms with Gasteiger partial charge in [-0.3, -0.25) is 0 Å². The van der Waals surface area contributed by atoms with Gasteiger partial charge in [0, 0.05) is 16.8 Å². The lowest BCUT2D eigenvalue weighted by molar-refractivity contribution is 0.342. The van der Waals surface area contributed by atoms with Crippen LogP contribution >= 0.6 is 0 Å². The SMILES string of the molecule is CCOc1ccc2ccccc2c1-c1c(C#N)c(N)nc2c1CCCC2. The molecule has 0 aliphatic heterocycles. The Morgan fingerprint density at radius 1 is 1.12 bits per heavy atom. The van der Waals surface area contributed by atoms with Crippen molar-refractivity contribution in [1.82, 2.24) is 4.98 Å². The molecule has 130 valence electrons. The predicted molar refractivity (Wildman–Crippen MR) is 104 cm³/mol. The van der Waals surface area contributed by atoms with E-state index < -0.39 is 0 Å². The molecule has 0 saturated heterocycles. The Kier molecular flexibility index (Phi) is 4.22. The molecule has 4 heteroatoms. The van der Waals surface area contributed by atoms with Gasteiger partial charge in [0.2, 0.25) is 0 Å². The normalized spacial score (nSPS) is 13.2. The number of ether oxygens (including phenoxy) is 1. The van der Waals surface area contributed by atoms with E-state index in [2.05, 4.69) is 29.3 Å². The van der Waals surface area contributed by atoms with Crippen molar-refractivity contribution in [2.45, 2.75) is 32.6 Å². The van der Waals surface area contributed by atoms with Crippen molar-refractivity contribution in [3.05, 3.63) is 53.2 Å². The third-order valence-electron chi connectivity index (χ3n) is 5.05. The van der Waals surface area contributed by atoms with Crippen LogP contribution in [0.25, 0.3) is 21.9 Å². The summed E-state index contributed by atoms with van der Waals surface area (Å²) >= 11 is 0. The van der Waals surface area contributed by atoms with Crippen LogP contribution in [-0.4, -0.2) is 11.6 Å². The van der Waals surface area contributed by atoms with Gasteiger partial charge in [0.25, 0.3) is 0 Å². The Hall–Kier alpha value is -3.06. The molecule has 0 atom stereocenters. The largest absolute Gasteiger partial charge is 0.493 e. The van der Waals surface area contributed by atoms with Gasteiger partial charge in [0.15, 0.2) is 0 Å². The molecule has 1 heterocycles. The number of aromatic nitrogens is 1. The van der Waals surface area contributed by atoms with Gasteiger partial charge in [-0.15, -0.1) is 0 Å². The fourth-order valence-electron chi connectivity index (χ4n) is 3.94. The van der Waals surface area contributed by atoms with Gasteiger partial charge in [0.05, 0.1) is 6.61 Å². The number of pyridine rings is 1. The summed E-state index contributed by atoms with van der Waals surface area (Å²) in [5, 5.41) is 12.0. The molecular weight excluding hydrogens is 322 g/mol. The van der Waals surface area contributed by atoms with E-state index >= 15 is 0 Å². The standard InChI is InChI=1S/C22H21N3O/c1-2-26-19-12-11-14-7-3-4-8-15(14)21(19)20-16-9-5-6-10-18(16)25-22(24)17(20)13-23/h3-4,7-8,11-12H,2,5-6,9-10H2,1H3,(H2,24,25). The van der Waals surface area contributed by atoms with Gasteiger partial charge in [-0.05, 0) is 55.0 Å². The molecule has 1 aliphatic carbocycles. The lowest BCUT2D eigenvalue weighted by Gasteiger charge is -2.23. The highest BCUT2D eigenvalue weighted by molar-refractivity contribution is 6.02. The Morgan fingerprint density at radius 3 is 2.73 bits per heavy atom. The van der Waals surface area contributed by atoms with E-state index in [1.165, 1.54) is 0 Å². The summed E-state index contributed by atoms with van der Waals surface area (Å²) in [5.41, 5.74) is 10.7. The Labute approximate surface area is 153 Å². The van der Waals surface area contributed by atoms with Crippen molar-refractivity contribution in [3.8, 4) is 22.9 Å². The molecule has 2 aromatic carbocycles. The lowest BCUT2D eigenvalue weighted by Crippen LogP contribution is -2.12. The Bertz CT molecular complexity index is 1030. The number of benzene rings is 2. The molecule has 0 bridgehead atoms. The maximum absolute atomic E-state index is 9.84. The molecule has 0 spiro atoms. The molecule has 26 heavy (non-hydrogen) atoms. The molecule has 0 unspecified atom stereocenters. The second-order valence-electron chi connectivity index (χ2n) is 6.58. The van der Waals surface area contributed by atoms with Crippen LogP contribution in [0.3, 0.4) is 0 Å². The lowest BCUT2D eigenvalue weighted by atomic mass is 9.84. The maximum Gasteiger partial charge on any atom is 0.142 e. The number of hydrogen-bond donors (Lipinski definition) is 1. The summed E-state index contributed by atoms with van der Waals surface area (Å²) in [7, 11) is 0. The monoisotopic (exact) mass is 343 g/mol. The molecule has 1 aromatic heterocycles. The average molecular weight is 343 g/mol. The van der Waals surface area contributed by atoms with Crippen LogP contribution in [0.15, 0.2) is 36.4 Å². The van der Waals surface area contributed by atoms with Crippen LogP contribution in [0.5, 0.6) is 5.75 Å². The zero-order valence-electron chi connectivity index (χ0n) is 14.9. The number of rotatable bonds is 3. The molecular formula is C22H21N3O. The van der Waals surface area contributed by atoms with Gasteiger partial charge < -0.3 is 10.5 Å². The number of hydrogen-bond acceptors (Lipinski definition) is 4. The molecule has 1 aliphatic rings. The van der Waals surface area contributed by atoms with Gasteiger partial charge in [-0.1, -0.05) is 30.3 Å². The number of nitrogens with two attached hydrogens (primary N) is 1. The highest BCUT2D eigenvalue weighted by Gasteiger charge is 2.25. The number of nitrogen functional groups attached to an aromatic ring is 1. The van der Waals surface area contributed by atoms with Crippen molar-refractivity contribution in [3.63, 3.8) is 0 Å². The molecule has 2 N–H and O–H groups in total. The van der Waals surface area contributed by atoms with E-state index in [0.717, 1.165) is 64.6 Å². The van der Waals surface area contributed by atoms with Crippen molar-refractivity contribution >= 4 is 16.6 Å². The fraction of sp³-hybridized carbons (Fsp3) is 0.273. The smallest absolute Gasteiger partial charge is 0.142 e. The molecule has 3 aromatic rings. The Balaban J connectivity index is 2.15. The van der Waals surface area contributed by atoms with E-state index in [1.807, 2.05) is 25.1 Å². The summed E-state index contributed by atoms with van der Waals surface area (Å²) in [5.74, 6) is 1.11. The topological polar surface area (TPSA) is 71.9 Å². The summed E-state index contributed by atoms with van der Waals surface area (Å²) in [6.07, 6.45) is 4.04. The molecule has 4 rings (SSSR count).